The van der Waals surface area contributed by atoms with Gasteiger partial charge >= 0.3 is 0 Å². The Labute approximate surface area is 111 Å². The highest BCUT2D eigenvalue weighted by atomic mass is 32.2. The first-order valence-electron chi connectivity index (χ1n) is 6.14. The molecule has 1 heterocycles. The molecule has 2 atom stereocenters. The molecule has 1 fully saturated rings. The third-order valence-corrected chi connectivity index (χ3v) is 4.47. The van der Waals surface area contributed by atoms with Crippen molar-refractivity contribution < 1.29 is 4.79 Å². The molecule has 6 heteroatoms. The van der Waals surface area contributed by atoms with E-state index < -0.39 is 5.54 Å². The fourth-order valence-corrected chi connectivity index (χ4v) is 3.62. The zero-order valence-corrected chi connectivity index (χ0v) is 11.2. The molecule has 1 aromatic heterocycles. The predicted molar refractivity (Wildman–Crippen MR) is 71.1 cm³/mol. The number of aromatic nitrogens is 2. The second-order valence-electron chi connectivity index (χ2n) is 4.50. The Balaban J connectivity index is 2.01. The first-order chi connectivity index (χ1) is 8.66. The Hall–Kier alpha value is -1.14. The second-order valence-corrected chi connectivity index (χ2v) is 5.82. The van der Waals surface area contributed by atoms with Crippen LogP contribution >= 0.6 is 11.8 Å². The van der Waals surface area contributed by atoms with Crippen molar-refractivity contribution in [3.05, 3.63) is 18.6 Å². The number of nitrogens with two attached hydrogens (primary N) is 1. The lowest BCUT2D eigenvalue weighted by atomic mass is 9.97. The zero-order valence-electron chi connectivity index (χ0n) is 10.4. The summed E-state index contributed by atoms with van der Waals surface area (Å²) in [4.78, 5) is 19.9. The standard InChI is InChI=1S/C12H18N4OS/c1-2-16-12(11(13)17)4-3-9(7-12)18-10-8-14-5-6-15-10/h5-6,8-9,16H,2-4,7H2,1H3,(H2,13,17). The van der Waals surface area contributed by atoms with Gasteiger partial charge in [0.2, 0.25) is 5.91 Å². The maximum Gasteiger partial charge on any atom is 0.237 e. The van der Waals surface area contributed by atoms with Gasteiger partial charge in [-0.15, -0.1) is 11.8 Å². The summed E-state index contributed by atoms with van der Waals surface area (Å²) in [7, 11) is 0. The lowest BCUT2D eigenvalue weighted by Gasteiger charge is -2.26. The van der Waals surface area contributed by atoms with Crippen LogP contribution in [0, 0.1) is 0 Å². The molecule has 3 N–H and O–H groups in total. The normalized spacial score (nSPS) is 27.3. The van der Waals surface area contributed by atoms with Gasteiger partial charge in [0.25, 0.3) is 0 Å². The lowest BCUT2D eigenvalue weighted by molar-refractivity contribution is -0.124. The van der Waals surface area contributed by atoms with Gasteiger partial charge in [-0.25, -0.2) is 4.98 Å². The van der Waals surface area contributed by atoms with E-state index in [2.05, 4.69) is 15.3 Å². The van der Waals surface area contributed by atoms with Crippen LogP contribution < -0.4 is 11.1 Å². The number of primary amides is 1. The van der Waals surface area contributed by atoms with Gasteiger partial charge in [0.05, 0.1) is 11.7 Å². The van der Waals surface area contributed by atoms with E-state index in [0.29, 0.717) is 5.25 Å². The lowest BCUT2D eigenvalue weighted by Crippen LogP contribution is -2.53. The van der Waals surface area contributed by atoms with Crippen molar-refractivity contribution in [2.45, 2.75) is 42.0 Å². The summed E-state index contributed by atoms with van der Waals surface area (Å²) in [6, 6.07) is 0. The van der Waals surface area contributed by atoms with Crippen LogP contribution in [-0.4, -0.2) is 33.2 Å². The van der Waals surface area contributed by atoms with Gasteiger partial charge < -0.3 is 11.1 Å². The number of carbonyl (C=O) groups excluding carboxylic acids is 1. The van der Waals surface area contributed by atoms with Gasteiger partial charge in [-0.3, -0.25) is 9.78 Å². The van der Waals surface area contributed by atoms with Crippen LogP contribution in [0.15, 0.2) is 23.6 Å². The molecule has 18 heavy (non-hydrogen) atoms. The first kappa shape index (κ1) is 13.3. The Morgan fingerprint density at radius 3 is 3.11 bits per heavy atom. The molecule has 0 aromatic carbocycles. The Morgan fingerprint density at radius 1 is 1.67 bits per heavy atom. The highest BCUT2D eigenvalue weighted by molar-refractivity contribution is 7.99. The highest BCUT2D eigenvalue weighted by Gasteiger charge is 2.43. The molecule has 1 saturated carbocycles. The summed E-state index contributed by atoms with van der Waals surface area (Å²) in [5.41, 5.74) is 5.00. The minimum absolute atomic E-state index is 0.244. The first-order valence-corrected chi connectivity index (χ1v) is 7.02. The number of nitrogens with one attached hydrogen (secondary N) is 1. The van der Waals surface area contributed by atoms with Crippen molar-refractivity contribution in [1.29, 1.82) is 0 Å². The molecule has 2 unspecified atom stereocenters. The van der Waals surface area contributed by atoms with Crippen LogP contribution in [0.2, 0.25) is 0 Å². The summed E-state index contributed by atoms with van der Waals surface area (Å²) in [6.07, 6.45) is 7.62. The molecule has 1 aliphatic rings. The SMILES string of the molecule is CCNC1(C(N)=O)CCC(Sc2cnccn2)C1. The van der Waals surface area contributed by atoms with E-state index in [4.69, 9.17) is 5.73 Å². The van der Waals surface area contributed by atoms with Crippen molar-refractivity contribution >= 4 is 17.7 Å². The average Bonchev–Trinajstić information content (AvgIpc) is 2.76. The summed E-state index contributed by atoms with van der Waals surface area (Å²) >= 11 is 1.68. The van der Waals surface area contributed by atoms with Crippen LogP contribution in [0.4, 0.5) is 0 Å². The van der Waals surface area contributed by atoms with E-state index >= 15 is 0 Å². The number of carbonyl (C=O) groups is 1. The smallest absolute Gasteiger partial charge is 0.237 e. The van der Waals surface area contributed by atoms with Crippen molar-refractivity contribution in [1.82, 2.24) is 15.3 Å². The largest absolute Gasteiger partial charge is 0.368 e. The summed E-state index contributed by atoms with van der Waals surface area (Å²) < 4.78 is 0. The molecule has 0 bridgehead atoms. The van der Waals surface area contributed by atoms with Gasteiger partial charge in [-0.1, -0.05) is 6.92 Å². The minimum Gasteiger partial charge on any atom is -0.368 e. The highest BCUT2D eigenvalue weighted by Crippen LogP contribution is 2.39. The molecule has 1 amide bonds. The van der Waals surface area contributed by atoms with E-state index in [-0.39, 0.29) is 5.91 Å². The zero-order chi connectivity index (χ0) is 13.0. The van der Waals surface area contributed by atoms with E-state index in [1.807, 2.05) is 6.92 Å². The van der Waals surface area contributed by atoms with Crippen LogP contribution in [0.5, 0.6) is 0 Å². The molecule has 0 saturated heterocycles. The summed E-state index contributed by atoms with van der Waals surface area (Å²) in [6.45, 7) is 2.75. The van der Waals surface area contributed by atoms with Crippen molar-refractivity contribution in [3.8, 4) is 0 Å². The summed E-state index contributed by atoms with van der Waals surface area (Å²) in [5.74, 6) is -0.244. The average molecular weight is 266 g/mol. The molecule has 1 aromatic rings. The van der Waals surface area contributed by atoms with E-state index in [0.717, 1.165) is 30.8 Å². The Bertz CT molecular complexity index is 414. The maximum atomic E-state index is 11.6. The molecule has 1 aliphatic carbocycles. The molecule has 2 rings (SSSR count). The van der Waals surface area contributed by atoms with Crippen LogP contribution in [0.3, 0.4) is 0 Å². The Morgan fingerprint density at radius 2 is 2.50 bits per heavy atom. The van der Waals surface area contributed by atoms with E-state index in [9.17, 15) is 4.79 Å². The molecule has 0 radical (unpaired) electrons. The molecule has 0 spiro atoms. The molecule has 0 aliphatic heterocycles. The van der Waals surface area contributed by atoms with Crippen molar-refractivity contribution in [2.24, 2.45) is 5.73 Å². The number of thioether (sulfide) groups is 1. The van der Waals surface area contributed by atoms with E-state index in [1.165, 1.54) is 0 Å². The van der Waals surface area contributed by atoms with Gasteiger partial charge in [0.1, 0.15) is 5.03 Å². The van der Waals surface area contributed by atoms with Crippen molar-refractivity contribution in [3.63, 3.8) is 0 Å². The van der Waals surface area contributed by atoms with Crippen LogP contribution in [0.1, 0.15) is 26.2 Å². The third-order valence-electron chi connectivity index (χ3n) is 3.28. The number of nitrogens with zero attached hydrogens (tertiary/aromatic N) is 2. The van der Waals surface area contributed by atoms with Gasteiger partial charge in [-0.05, 0) is 25.8 Å². The fraction of sp³-hybridized carbons (Fsp3) is 0.583. The van der Waals surface area contributed by atoms with Crippen molar-refractivity contribution in [2.75, 3.05) is 6.54 Å². The van der Waals surface area contributed by atoms with E-state index in [1.54, 1.807) is 30.4 Å². The number of hydrogen-bond acceptors (Lipinski definition) is 5. The minimum atomic E-state index is -0.533. The van der Waals surface area contributed by atoms with Gasteiger partial charge in [0, 0.05) is 17.6 Å². The summed E-state index contributed by atoms with van der Waals surface area (Å²) in [5, 5.41) is 4.52. The molecular formula is C12H18N4OS. The fourth-order valence-electron chi connectivity index (χ4n) is 2.43. The number of hydrogen-bond donors (Lipinski definition) is 2. The predicted octanol–water partition coefficient (Wildman–Crippen LogP) is 0.955. The molecule has 5 nitrogen and oxygen atoms in total. The van der Waals surface area contributed by atoms with Crippen LogP contribution in [-0.2, 0) is 4.79 Å². The number of rotatable bonds is 5. The third kappa shape index (κ3) is 2.81. The van der Waals surface area contributed by atoms with Gasteiger partial charge in [-0.2, -0.15) is 0 Å². The quantitative estimate of drug-likeness (QED) is 0.829. The number of amides is 1. The maximum absolute atomic E-state index is 11.6. The van der Waals surface area contributed by atoms with Crippen LogP contribution in [0.25, 0.3) is 0 Å². The van der Waals surface area contributed by atoms with Gasteiger partial charge in [0.15, 0.2) is 0 Å². The molecular weight excluding hydrogens is 248 g/mol. The molecule has 98 valence electrons. The second kappa shape index (κ2) is 5.67. The number of likely N-dealkylation sites (N-methyl/N-ethyl adjacent to an activating group) is 1. The topological polar surface area (TPSA) is 80.9 Å². The monoisotopic (exact) mass is 266 g/mol. The Kier molecular flexibility index (Phi) is 4.19.